The number of ether oxygens (including phenoxy) is 1. The van der Waals surface area contributed by atoms with Gasteiger partial charge in [0, 0.05) is 18.3 Å². The minimum Gasteiger partial charge on any atom is -0.497 e. The Morgan fingerprint density at radius 3 is 2.46 bits per heavy atom. The van der Waals surface area contributed by atoms with E-state index in [0.717, 1.165) is 38.7 Å². The molecule has 0 saturated carbocycles. The van der Waals surface area contributed by atoms with Crippen LogP contribution in [-0.4, -0.2) is 22.1 Å². The molecule has 2 aromatic heterocycles. The first kappa shape index (κ1) is 18.1. The van der Waals surface area contributed by atoms with Crippen molar-refractivity contribution in [2.45, 2.75) is 13.5 Å². The number of nitrogens with one attached hydrogen (secondary N) is 1. The predicted molar refractivity (Wildman–Crippen MR) is 114 cm³/mol. The molecule has 0 aliphatic heterocycles. The maximum absolute atomic E-state index is 5.21. The quantitative estimate of drug-likeness (QED) is 0.492. The zero-order chi connectivity index (χ0) is 19.3. The number of aryl methyl sites for hydroxylation is 1. The number of anilines is 1. The fourth-order valence-corrected chi connectivity index (χ4v) is 3.73. The summed E-state index contributed by atoms with van der Waals surface area (Å²) in [5.41, 5.74) is 6.95. The van der Waals surface area contributed by atoms with Gasteiger partial charge in [-0.3, -0.25) is 0 Å². The number of aromatic nitrogens is 3. The van der Waals surface area contributed by atoms with E-state index in [1.54, 1.807) is 18.4 Å². The molecule has 0 radical (unpaired) electrons. The highest BCUT2D eigenvalue weighted by Crippen LogP contribution is 2.34. The predicted octanol–water partition coefficient (Wildman–Crippen LogP) is 5.20. The first-order valence-corrected chi connectivity index (χ1v) is 9.82. The van der Waals surface area contributed by atoms with E-state index in [2.05, 4.69) is 27.4 Å². The van der Waals surface area contributed by atoms with Crippen molar-refractivity contribution < 1.29 is 4.74 Å². The summed E-state index contributed by atoms with van der Waals surface area (Å²) in [7, 11) is 1.67. The van der Waals surface area contributed by atoms with Gasteiger partial charge in [-0.05, 0) is 30.2 Å². The average Bonchev–Trinajstić information content (AvgIpc) is 3.19. The standard InChI is InChI=1S/C22H20N4OS/c1-15-21(28-14-25-15)20-19(17-6-4-3-5-7-17)13-24-22(26-20)23-12-16-8-10-18(27-2)11-9-16/h3-11,13-14H,12H2,1-2H3,(H,23,24,26). The van der Waals surface area contributed by atoms with Crippen molar-refractivity contribution in [1.82, 2.24) is 15.0 Å². The number of thiazole rings is 1. The van der Waals surface area contributed by atoms with Crippen LogP contribution in [0.25, 0.3) is 21.7 Å². The fraction of sp³-hybridized carbons (Fsp3) is 0.136. The summed E-state index contributed by atoms with van der Waals surface area (Å²) in [5, 5.41) is 3.32. The molecule has 140 valence electrons. The summed E-state index contributed by atoms with van der Waals surface area (Å²) < 4.78 is 5.21. The summed E-state index contributed by atoms with van der Waals surface area (Å²) in [6.45, 7) is 2.64. The van der Waals surface area contributed by atoms with E-state index in [0.29, 0.717) is 12.5 Å². The molecule has 0 fully saturated rings. The van der Waals surface area contributed by atoms with Gasteiger partial charge < -0.3 is 10.1 Å². The zero-order valence-electron chi connectivity index (χ0n) is 15.7. The third kappa shape index (κ3) is 3.87. The molecule has 2 heterocycles. The summed E-state index contributed by atoms with van der Waals surface area (Å²) in [6, 6.07) is 18.1. The SMILES string of the molecule is COc1ccc(CNc2ncc(-c3ccccc3)c(-c3scnc3C)n2)cc1. The van der Waals surface area contributed by atoms with Crippen LogP contribution in [0.5, 0.6) is 5.75 Å². The van der Waals surface area contributed by atoms with Crippen molar-refractivity contribution in [1.29, 1.82) is 0 Å². The maximum Gasteiger partial charge on any atom is 0.223 e. The summed E-state index contributed by atoms with van der Waals surface area (Å²) in [4.78, 5) is 14.8. The molecule has 28 heavy (non-hydrogen) atoms. The van der Waals surface area contributed by atoms with Gasteiger partial charge in [0.05, 0.1) is 28.9 Å². The Hall–Kier alpha value is -3.25. The highest BCUT2D eigenvalue weighted by Gasteiger charge is 2.15. The molecule has 0 aliphatic carbocycles. The second kappa shape index (κ2) is 8.19. The lowest BCUT2D eigenvalue weighted by molar-refractivity contribution is 0.414. The molecule has 0 amide bonds. The van der Waals surface area contributed by atoms with Crippen LogP contribution in [0.2, 0.25) is 0 Å². The van der Waals surface area contributed by atoms with Crippen LogP contribution in [0, 0.1) is 6.92 Å². The Morgan fingerprint density at radius 1 is 1.00 bits per heavy atom. The lowest BCUT2D eigenvalue weighted by Crippen LogP contribution is -2.05. The largest absolute Gasteiger partial charge is 0.497 e. The van der Waals surface area contributed by atoms with E-state index in [1.165, 1.54) is 0 Å². The van der Waals surface area contributed by atoms with Crippen LogP contribution >= 0.6 is 11.3 Å². The molecule has 0 unspecified atom stereocenters. The Balaban J connectivity index is 1.65. The van der Waals surface area contributed by atoms with E-state index in [4.69, 9.17) is 9.72 Å². The van der Waals surface area contributed by atoms with Crippen molar-refractivity contribution in [3.8, 4) is 27.4 Å². The van der Waals surface area contributed by atoms with Crippen molar-refractivity contribution >= 4 is 17.3 Å². The number of nitrogens with zero attached hydrogens (tertiary/aromatic N) is 3. The number of hydrogen-bond acceptors (Lipinski definition) is 6. The van der Waals surface area contributed by atoms with Gasteiger partial charge in [0.2, 0.25) is 5.95 Å². The Kier molecular flexibility index (Phi) is 5.30. The lowest BCUT2D eigenvalue weighted by Gasteiger charge is -2.11. The number of rotatable bonds is 6. The Morgan fingerprint density at radius 2 is 1.79 bits per heavy atom. The monoisotopic (exact) mass is 388 g/mol. The second-order valence-electron chi connectivity index (χ2n) is 6.29. The zero-order valence-corrected chi connectivity index (χ0v) is 16.5. The van der Waals surface area contributed by atoms with Gasteiger partial charge in [0.25, 0.3) is 0 Å². The van der Waals surface area contributed by atoms with Gasteiger partial charge in [-0.15, -0.1) is 11.3 Å². The van der Waals surface area contributed by atoms with E-state index >= 15 is 0 Å². The molecule has 5 nitrogen and oxygen atoms in total. The highest BCUT2D eigenvalue weighted by molar-refractivity contribution is 7.13. The van der Waals surface area contributed by atoms with Gasteiger partial charge in [0.1, 0.15) is 5.75 Å². The fourth-order valence-electron chi connectivity index (χ4n) is 2.92. The van der Waals surface area contributed by atoms with Crippen molar-refractivity contribution in [2.75, 3.05) is 12.4 Å². The first-order valence-electron chi connectivity index (χ1n) is 8.94. The van der Waals surface area contributed by atoms with E-state index in [9.17, 15) is 0 Å². The lowest BCUT2D eigenvalue weighted by atomic mass is 10.0. The number of benzene rings is 2. The molecule has 2 aromatic carbocycles. The third-order valence-electron chi connectivity index (χ3n) is 4.44. The van der Waals surface area contributed by atoms with Crippen LogP contribution in [0.3, 0.4) is 0 Å². The van der Waals surface area contributed by atoms with E-state index < -0.39 is 0 Å². The third-order valence-corrected chi connectivity index (χ3v) is 5.38. The van der Waals surface area contributed by atoms with Crippen LogP contribution in [0.4, 0.5) is 5.95 Å². The van der Waals surface area contributed by atoms with Gasteiger partial charge in [-0.2, -0.15) is 0 Å². The van der Waals surface area contributed by atoms with E-state index in [-0.39, 0.29) is 0 Å². The number of hydrogen-bond donors (Lipinski definition) is 1. The molecular weight excluding hydrogens is 368 g/mol. The van der Waals surface area contributed by atoms with Crippen molar-refractivity contribution in [3.63, 3.8) is 0 Å². The molecule has 0 bridgehead atoms. The molecule has 4 aromatic rings. The van der Waals surface area contributed by atoms with Crippen LogP contribution in [0.1, 0.15) is 11.3 Å². The topological polar surface area (TPSA) is 59.9 Å². The number of methoxy groups -OCH3 is 1. The van der Waals surface area contributed by atoms with Crippen LogP contribution in [0.15, 0.2) is 66.3 Å². The molecule has 1 N–H and O–H groups in total. The maximum atomic E-state index is 5.21. The van der Waals surface area contributed by atoms with Gasteiger partial charge in [-0.25, -0.2) is 15.0 Å². The Bertz CT molecular complexity index is 1060. The summed E-state index contributed by atoms with van der Waals surface area (Å²) >= 11 is 1.60. The van der Waals surface area contributed by atoms with Gasteiger partial charge in [0.15, 0.2) is 0 Å². The van der Waals surface area contributed by atoms with Crippen LogP contribution < -0.4 is 10.1 Å². The molecule has 6 heteroatoms. The minimum absolute atomic E-state index is 0.596. The first-order chi connectivity index (χ1) is 13.7. The molecule has 0 spiro atoms. The minimum atomic E-state index is 0.596. The summed E-state index contributed by atoms with van der Waals surface area (Å²) in [5.74, 6) is 1.44. The van der Waals surface area contributed by atoms with Crippen molar-refractivity contribution in [3.05, 3.63) is 77.6 Å². The molecule has 0 saturated heterocycles. The second-order valence-corrected chi connectivity index (χ2v) is 7.15. The summed E-state index contributed by atoms with van der Waals surface area (Å²) in [6.07, 6.45) is 1.88. The normalized spacial score (nSPS) is 10.6. The molecule has 0 atom stereocenters. The van der Waals surface area contributed by atoms with E-state index in [1.807, 2.05) is 61.1 Å². The van der Waals surface area contributed by atoms with Gasteiger partial charge >= 0.3 is 0 Å². The van der Waals surface area contributed by atoms with Crippen LogP contribution in [-0.2, 0) is 6.54 Å². The highest BCUT2D eigenvalue weighted by atomic mass is 32.1. The Labute approximate surface area is 168 Å². The average molecular weight is 388 g/mol. The smallest absolute Gasteiger partial charge is 0.223 e. The van der Waals surface area contributed by atoms with Gasteiger partial charge in [-0.1, -0.05) is 42.5 Å². The molecular formula is C22H20N4OS. The molecule has 4 rings (SSSR count). The van der Waals surface area contributed by atoms with Crippen molar-refractivity contribution in [2.24, 2.45) is 0 Å². The molecule has 0 aliphatic rings.